The predicted octanol–water partition coefficient (Wildman–Crippen LogP) is 4.41. The Bertz CT molecular complexity index is 1030. The fourth-order valence-electron chi connectivity index (χ4n) is 3.29. The third kappa shape index (κ3) is 3.14. The molecule has 1 atom stereocenters. The van der Waals surface area contributed by atoms with E-state index >= 15 is 0 Å². The summed E-state index contributed by atoms with van der Waals surface area (Å²) in [5, 5.41) is 11.9. The molecule has 0 saturated heterocycles. The monoisotopic (exact) mass is 341 g/mol. The Kier molecular flexibility index (Phi) is 4.32. The smallest absolute Gasteiger partial charge is 0.145 e. The van der Waals surface area contributed by atoms with Gasteiger partial charge in [-0.2, -0.15) is 0 Å². The molecule has 0 amide bonds. The number of aryl methyl sites for hydroxylation is 1. The zero-order valence-electron chi connectivity index (χ0n) is 14.5. The number of phenols is 1. The van der Waals surface area contributed by atoms with Crippen LogP contribution in [0.3, 0.4) is 0 Å². The third-order valence-electron chi connectivity index (χ3n) is 4.61. The van der Waals surface area contributed by atoms with Gasteiger partial charge in [0, 0.05) is 53.3 Å². The largest absolute Gasteiger partial charge is 0.505 e. The highest BCUT2D eigenvalue weighted by Crippen LogP contribution is 2.37. The zero-order chi connectivity index (χ0) is 17.9. The lowest BCUT2D eigenvalue weighted by Gasteiger charge is -2.19. The van der Waals surface area contributed by atoms with Crippen LogP contribution in [0.15, 0.2) is 73.2 Å². The minimum atomic E-state index is -0.0506. The van der Waals surface area contributed by atoms with E-state index in [2.05, 4.69) is 15.0 Å². The molecule has 0 aliphatic rings. The van der Waals surface area contributed by atoms with E-state index in [1.54, 1.807) is 12.4 Å². The van der Waals surface area contributed by atoms with Crippen molar-refractivity contribution in [3.8, 4) is 5.75 Å². The number of rotatable bonds is 4. The topological polar surface area (TPSA) is 58.9 Å². The molecule has 0 spiro atoms. The molecule has 0 radical (unpaired) electrons. The lowest BCUT2D eigenvalue weighted by atomic mass is 9.87. The molecule has 4 rings (SSSR count). The molecule has 0 aliphatic heterocycles. The van der Waals surface area contributed by atoms with Crippen molar-refractivity contribution in [3.05, 3.63) is 95.7 Å². The molecular formula is C22H19N3O. The van der Waals surface area contributed by atoms with Gasteiger partial charge in [-0.1, -0.05) is 30.3 Å². The normalized spacial score (nSPS) is 12.2. The molecule has 0 saturated carbocycles. The summed E-state index contributed by atoms with van der Waals surface area (Å²) in [5.41, 5.74) is 4.37. The van der Waals surface area contributed by atoms with Gasteiger partial charge in [0.2, 0.25) is 0 Å². The number of pyridine rings is 3. The van der Waals surface area contributed by atoms with Gasteiger partial charge in [0.05, 0.1) is 0 Å². The molecule has 4 nitrogen and oxygen atoms in total. The van der Waals surface area contributed by atoms with Crippen LogP contribution in [0.1, 0.15) is 28.4 Å². The molecule has 26 heavy (non-hydrogen) atoms. The molecule has 1 unspecified atom stereocenters. The summed E-state index contributed by atoms with van der Waals surface area (Å²) in [4.78, 5) is 13.3. The number of aromatic hydroxyl groups is 1. The van der Waals surface area contributed by atoms with Crippen molar-refractivity contribution >= 4 is 10.9 Å². The van der Waals surface area contributed by atoms with Crippen molar-refractivity contribution in [3.63, 3.8) is 0 Å². The van der Waals surface area contributed by atoms with Crippen LogP contribution in [0.2, 0.25) is 0 Å². The van der Waals surface area contributed by atoms with E-state index in [0.29, 0.717) is 11.9 Å². The summed E-state index contributed by atoms with van der Waals surface area (Å²) in [6, 6.07) is 17.8. The first kappa shape index (κ1) is 16.2. The standard InChI is InChI=1S/C22H19N3O/c1-15-7-8-16-9-10-19(22(26)21(16)25-15)20(17-5-4-11-23-14-17)13-18-6-2-3-12-24-18/h2-12,14,20,26H,13H2,1H3. The van der Waals surface area contributed by atoms with E-state index in [4.69, 9.17) is 0 Å². The molecule has 3 aromatic heterocycles. The van der Waals surface area contributed by atoms with Crippen molar-refractivity contribution in [2.75, 3.05) is 0 Å². The number of hydrogen-bond acceptors (Lipinski definition) is 4. The number of benzene rings is 1. The van der Waals surface area contributed by atoms with E-state index in [-0.39, 0.29) is 11.7 Å². The van der Waals surface area contributed by atoms with E-state index in [0.717, 1.165) is 27.9 Å². The molecule has 3 heterocycles. The van der Waals surface area contributed by atoms with Gasteiger partial charge in [0.1, 0.15) is 11.3 Å². The summed E-state index contributed by atoms with van der Waals surface area (Å²) in [5.74, 6) is 0.182. The van der Waals surface area contributed by atoms with Gasteiger partial charge >= 0.3 is 0 Å². The van der Waals surface area contributed by atoms with Crippen LogP contribution in [-0.4, -0.2) is 20.1 Å². The molecule has 4 aromatic rings. The SMILES string of the molecule is Cc1ccc2ccc(C(Cc3ccccn3)c3cccnc3)c(O)c2n1. The summed E-state index contributed by atoms with van der Waals surface area (Å²) in [6.07, 6.45) is 6.08. The first-order chi connectivity index (χ1) is 12.7. The average molecular weight is 341 g/mol. The van der Waals surface area contributed by atoms with Gasteiger partial charge in [-0.05, 0) is 36.8 Å². The third-order valence-corrected chi connectivity index (χ3v) is 4.61. The van der Waals surface area contributed by atoms with Gasteiger partial charge < -0.3 is 5.11 Å². The van der Waals surface area contributed by atoms with Gasteiger partial charge in [-0.15, -0.1) is 0 Å². The van der Waals surface area contributed by atoms with Crippen molar-refractivity contribution in [2.45, 2.75) is 19.3 Å². The Hall–Kier alpha value is -3.27. The second kappa shape index (κ2) is 6.92. The quantitative estimate of drug-likeness (QED) is 0.597. The Balaban J connectivity index is 1.86. The number of phenolic OH excluding ortho intramolecular Hbond substituents is 1. The fraction of sp³-hybridized carbons (Fsp3) is 0.136. The maximum Gasteiger partial charge on any atom is 0.145 e. The minimum absolute atomic E-state index is 0.0506. The summed E-state index contributed by atoms with van der Waals surface area (Å²) >= 11 is 0. The Morgan fingerprint density at radius 1 is 0.962 bits per heavy atom. The molecule has 1 aromatic carbocycles. The van der Waals surface area contributed by atoms with Crippen LogP contribution in [0.25, 0.3) is 10.9 Å². The van der Waals surface area contributed by atoms with Crippen LogP contribution in [0, 0.1) is 6.92 Å². The first-order valence-corrected chi connectivity index (χ1v) is 8.61. The lowest BCUT2D eigenvalue weighted by Crippen LogP contribution is -2.07. The minimum Gasteiger partial charge on any atom is -0.505 e. The fourth-order valence-corrected chi connectivity index (χ4v) is 3.29. The number of aromatic nitrogens is 3. The Morgan fingerprint density at radius 3 is 2.62 bits per heavy atom. The number of hydrogen-bond donors (Lipinski definition) is 1. The van der Waals surface area contributed by atoms with Crippen molar-refractivity contribution in [1.29, 1.82) is 0 Å². The van der Waals surface area contributed by atoms with Crippen LogP contribution in [-0.2, 0) is 6.42 Å². The van der Waals surface area contributed by atoms with Crippen LogP contribution >= 0.6 is 0 Å². The number of nitrogens with zero attached hydrogens (tertiary/aromatic N) is 3. The lowest BCUT2D eigenvalue weighted by molar-refractivity contribution is 0.469. The van der Waals surface area contributed by atoms with E-state index in [1.165, 1.54) is 0 Å². The highest BCUT2D eigenvalue weighted by Gasteiger charge is 2.21. The summed E-state index contributed by atoms with van der Waals surface area (Å²) < 4.78 is 0. The van der Waals surface area contributed by atoms with E-state index in [9.17, 15) is 5.11 Å². The Labute approximate surface area is 152 Å². The predicted molar refractivity (Wildman–Crippen MR) is 102 cm³/mol. The van der Waals surface area contributed by atoms with Crippen molar-refractivity contribution in [2.24, 2.45) is 0 Å². The second-order valence-corrected chi connectivity index (χ2v) is 6.39. The second-order valence-electron chi connectivity index (χ2n) is 6.39. The van der Waals surface area contributed by atoms with E-state index in [1.807, 2.05) is 67.7 Å². The molecule has 128 valence electrons. The molecular weight excluding hydrogens is 322 g/mol. The first-order valence-electron chi connectivity index (χ1n) is 8.61. The van der Waals surface area contributed by atoms with Crippen molar-refractivity contribution < 1.29 is 5.11 Å². The Morgan fingerprint density at radius 2 is 1.85 bits per heavy atom. The van der Waals surface area contributed by atoms with Crippen LogP contribution < -0.4 is 0 Å². The van der Waals surface area contributed by atoms with Gasteiger partial charge in [0.15, 0.2) is 0 Å². The molecule has 4 heteroatoms. The zero-order valence-corrected chi connectivity index (χ0v) is 14.5. The summed E-state index contributed by atoms with van der Waals surface area (Å²) in [7, 11) is 0. The molecule has 0 aliphatic carbocycles. The summed E-state index contributed by atoms with van der Waals surface area (Å²) in [6.45, 7) is 1.93. The molecule has 1 N–H and O–H groups in total. The highest BCUT2D eigenvalue weighted by atomic mass is 16.3. The number of fused-ring (bicyclic) bond motifs is 1. The van der Waals surface area contributed by atoms with Crippen LogP contribution in [0.5, 0.6) is 5.75 Å². The van der Waals surface area contributed by atoms with Gasteiger partial charge in [0.25, 0.3) is 0 Å². The van der Waals surface area contributed by atoms with Crippen LogP contribution in [0.4, 0.5) is 0 Å². The maximum absolute atomic E-state index is 11.0. The molecule has 0 fully saturated rings. The maximum atomic E-state index is 11.0. The average Bonchev–Trinajstić information content (AvgIpc) is 2.69. The molecule has 0 bridgehead atoms. The van der Waals surface area contributed by atoms with Crippen molar-refractivity contribution in [1.82, 2.24) is 15.0 Å². The van der Waals surface area contributed by atoms with E-state index < -0.39 is 0 Å². The highest BCUT2D eigenvalue weighted by molar-refractivity contribution is 5.86. The van der Waals surface area contributed by atoms with Gasteiger partial charge in [-0.3, -0.25) is 9.97 Å². The van der Waals surface area contributed by atoms with Gasteiger partial charge in [-0.25, -0.2) is 4.98 Å².